The van der Waals surface area contributed by atoms with Gasteiger partial charge in [0.25, 0.3) is 5.91 Å². The van der Waals surface area contributed by atoms with Gasteiger partial charge in [-0.05, 0) is 23.8 Å². The van der Waals surface area contributed by atoms with Gasteiger partial charge in [0.2, 0.25) is 0 Å². The normalized spacial score (nSPS) is 10.8. The SMILES string of the molecule is CN(C)NC(=O)c1ccc(Cl)c(-c2cc(-c3ccccc3)sc2OC(=O)O)c1Cl. The molecular weight excluding hydrogens is 435 g/mol. The van der Waals surface area contributed by atoms with Crippen LogP contribution in [-0.2, 0) is 0 Å². The van der Waals surface area contributed by atoms with Crippen molar-refractivity contribution in [2.24, 2.45) is 0 Å². The average Bonchev–Trinajstić information content (AvgIpc) is 3.04. The molecule has 6 nitrogen and oxygen atoms in total. The third-order valence-electron chi connectivity index (χ3n) is 3.87. The van der Waals surface area contributed by atoms with E-state index in [-0.39, 0.29) is 20.7 Å². The predicted molar refractivity (Wildman–Crippen MR) is 115 cm³/mol. The largest absolute Gasteiger partial charge is 0.512 e. The summed E-state index contributed by atoms with van der Waals surface area (Å²) >= 11 is 14.1. The number of benzene rings is 2. The van der Waals surface area contributed by atoms with E-state index in [0.29, 0.717) is 11.1 Å². The van der Waals surface area contributed by atoms with Crippen molar-refractivity contribution in [2.45, 2.75) is 0 Å². The zero-order valence-corrected chi connectivity index (χ0v) is 17.7. The molecule has 0 saturated carbocycles. The van der Waals surface area contributed by atoms with E-state index in [1.54, 1.807) is 20.2 Å². The highest BCUT2D eigenvalue weighted by Crippen LogP contribution is 2.48. The van der Waals surface area contributed by atoms with Gasteiger partial charge >= 0.3 is 6.16 Å². The molecule has 150 valence electrons. The minimum atomic E-state index is -1.46. The molecule has 2 aromatic carbocycles. The van der Waals surface area contributed by atoms with E-state index in [1.165, 1.54) is 17.1 Å². The first-order valence-electron chi connectivity index (χ1n) is 8.34. The Kier molecular flexibility index (Phi) is 6.44. The molecule has 3 rings (SSSR count). The fraction of sp³-hybridized carbons (Fsp3) is 0.100. The number of carbonyl (C=O) groups excluding carboxylic acids is 1. The van der Waals surface area contributed by atoms with Crippen molar-refractivity contribution in [3.05, 3.63) is 64.1 Å². The fourth-order valence-corrected chi connectivity index (χ4v) is 4.36. The van der Waals surface area contributed by atoms with Crippen LogP contribution >= 0.6 is 34.5 Å². The lowest BCUT2D eigenvalue weighted by atomic mass is 10.0. The van der Waals surface area contributed by atoms with Gasteiger partial charge in [0.05, 0.1) is 15.6 Å². The molecule has 9 heteroatoms. The van der Waals surface area contributed by atoms with Crippen molar-refractivity contribution >= 4 is 46.6 Å². The molecule has 1 aromatic heterocycles. The molecule has 0 radical (unpaired) electrons. The van der Waals surface area contributed by atoms with Gasteiger partial charge in [-0.25, -0.2) is 9.80 Å². The molecule has 0 spiro atoms. The highest BCUT2D eigenvalue weighted by atomic mass is 35.5. The van der Waals surface area contributed by atoms with Crippen molar-refractivity contribution < 1.29 is 19.4 Å². The van der Waals surface area contributed by atoms with Crippen LogP contribution in [0, 0.1) is 0 Å². The van der Waals surface area contributed by atoms with Crippen LogP contribution in [-0.4, -0.2) is 36.3 Å². The van der Waals surface area contributed by atoms with Crippen LogP contribution in [0.25, 0.3) is 21.6 Å². The van der Waals surface area contributed by atoms with Gasteiger partial charge in [0.15, 0.2) is 5.06 Å². The van der Waals surface area contributed by atoms with Crippen molar-refractivity contribution in [1.29, 1.82) is 0 Å². The van der Waals surface area contributed by atoms with Crippen molar-refractivity contribution in [3.8, 4) is 26.6 Å². The summed E-state index contributed by atoms with van der Waals surface area (Å²) in [6, 6.07) is 14.2. The van der Waals surface area contributed by atoms with Gasteiger partial charge in [-0.3, -0.25) is 10.2 Å². The third-order valence-corrected chi connectivity index (χ3v) is 5.64. The first-order valence-corrected chi connectivity index (χ1v) is 9.92. The molecule has 0 saturated heterocycles. The zero-order valence-electron chi connectivity index (χ0n) is 15.4. The number of rotatable bonds is 5. The number of nitrogens with zero attached hydrogens (tertiary/aromatic N) is 1. The number of nitrogens with one attached hydrogen (secondary N) is 1. The lowest BCUT2D eigenvalue weighted by Gasteiger charge is -2.15. The van der Waals surface area contributed by atoms with Gasteiger partial charge < -0.3 is 9.84 Å². The number of carboxylic acid groups (broad SMARTS) is 1. The molecule has 0 bridgehead atoms. The van der Waals surface area contributed by atoms with Crippen LogP contribution < -0.4 is 10.2 Å². The molecule has 0 aliphatic rings. The van der Waals surface area contributed by atoms with E-state index in [9.17, 15) is 9.59 Å². The number of carbonyl (C=O) groups is 2. The Morgan fingerprint density at radius 2 is 1.79 bits per heavy atom. The van der Waals surface area contributed by atoms with Crippen molar-refractivity contribution in [1.82, 2.24) is 10.4 Å². The molecule has 0 fully saturated rings. The Hall–Kier alpha value is -2.58. The maximum atomic E-state index is 12.5. The maximum absolute atomic E-state index is 12.5. The number of hydrazine groups is 1. The second-order valence-corrected chi connectivity index (χ2v) is 7.96. The molecule has 0 atom stereocenters. The summed E-state index contributed by atoms with van der Waals surface area (Å²) < 4.78 is 4.99. The Labute approximate surface area is 181 Å². The summed E-state index contributed by atoms with van der Waals surface area (Å²) in [4.78, 5) is 24.4. The molecule has 1 amide bonds. The van der Waals surface area contributed by atoms with Gasteiger partial charge in [-0.2, -0.15) is 0 Å². The number of hydrogen-bond acceptors (Lipinski definition) is 5. The second-order valence-electron chi connectivity index (χ2n) is 6.17. The summed E-state index contributed by atoms with van der Waals surface area (Å²) in [5.41, 5.74) is 4.43. The average molecular weight is 451 g/mol. The van der Waals surface area contributed by atoms with Crippen LogP contribution in [0.2, 0.25) is 10.0 Å². The summed E-state index contributed by atoms with van der Waals surface area (Å²) in [6.07, 6.45) is -1.46. The minimum absolute atomic E-state index is 0.101. The number of thiophene rings is 1. The Balaban J connectivity index is 2.17. The Bertz CT molecular complexity index is 1070. The van der Waals surface area contributed by atoms with Gasteiger partial charge in [-0.15, -0.1) is 0 Å². The summed E-state index contributed by atoms with van der Waals surface area (Å²) in [5, 5.41) is 11.1. The van der Waals surface area contributed by atoms with Crippen LogP contribution in [0.3, 0.4) is 0 Å². The topological polar surface area (TPSA) is 78.9 Å². The van der Waals surface area contributed by atoms with Crippen LogP contribution in [0.5, 0.6) is 5.06 Å². The van der Waals surface area contributed by atoms with E-state index in [1.807, 2.05) is 30.3 Å². The summed E-state index contributed by atoms with van der Waals surface area (Å²) in [7, 11) is 3.35. The molecule has 0 aliphatic heterocycles. The highest BCUT2D eigenvalue weighted by molar-refractivity contribution is 7.18. The molecule has 0 aliphatic carbocycles. The van der Waals surface area contributed by atoms with E-state index in [4.69, 9.17) is 33.0 Å². The Morgan fingerprint density at radius 1 is 1.10 bits per heavy atom. The minimum Gasteiger partial charge on any atom is -0.449 e. The first-order chi connectivity index (χ1) is 13.8. The molecule has 0 unspecified atom stereocenters. The number of halogens is 2. The van der Waals surface area contributed by atoms with E-state index < -0.39 is 12.1 Å². The van der Waals surface area contributed by atoms with Gasteiger partial charge in [-0.1, -0.05) is 64.9 Å². The summed E-state index contributed by atoms with van der Waals surface area (Å²) in [5.74, 6) is -0.419. The van der Waals surface area contributed by atoms with E-state index in [2.05, 4.69) is 5.43 Å². The monoisotopic (exact) mass is 450 g/mol. The van der Waals surface area contributed by atoms with E-state index in [0.717, 1.165) is 21.8 Å². The second kappa shape index (κ2) is 8.84. The molecular formula is C20H16Cl2N2O4S. The van der Waals surface area contributed by atoms with Crippen LogP contribution in [0.4, 0.5) is 4.79 Å². The van der Waals surface area contributed by atoms with Crippen molar-refractivity contribution in [2.75, 3.05) is 14.1 Å². The molecule has 1 heterocycles. The lowest BCUT2D eigenvalue weighted by Crippen LogP contribution is -2.36. The molecule has 29 heavy (non-hydrogen) atoms. The van der Waals surface area contributed by atoms with E-state index >= 15 is 0 Å². The molecule has 2 N–H and O–H groups in total. The van der Waals surface area contributed by atoms with Crippen molar-refractivity contribution in [3.63, 3.8) is 0 Å². The lowest BCUT2D eigenvalue weighted by molar-refractivity contribution is 0.0857. The standard InChI is InChI=1S/C20H16Cl2N2O4S/c1-24(2)23-18(25)12-8-9-14(21)16(17(12)22)13-10-15(11-6-4-3-5-7-11)29-19(13)28-20(26)27/h3-10H,1-2H3,(H,23,25)(H,26,27). The van der Waals surface area contributed by atoms with Crippen LogP contribution in [0.1, 0.15) is 10.4 Å². The van der Waals surface area contributed by atoms with Gasteiger partial charge in [0, 0.05) is 30.1 Å². The number of hydrogen-bond donors (Lipinski definition) is 2. The fourth-order valence-electron chi connectivity index (χ4n) is 2.69. The Morgan fingerprint density at radius 3 is 2.41 bits per heavy atom. The van der Waals surface area contributed by atoms with Crippen LogP contribution in [0.15, 0.2) is 48.5 Å². The maximum Gasteiger partial charge on any atom is 0.512 e. The first kappa shape index (κ1) is 21.1. The highest BCUT2D eigenvalue weighted by Gasteiger charge is 2.24. The number of amides is 1. The summed E-state index contributed by atoms with van der Waals surface area (Å²) in [6.45, 7) is 0. The quantitative estimate of drug-likeness (QED) is 0.387. The predicted octanol–water partition coefficient (Wildman–Crippen LogP) is 5.65. The zero-order chi connectivity index (χ0) is 21.1. The number of ether oxygens (including phenoxy) is 1. The molecule has 3 aromatic rings. The smallest absolute Gasteiger partial charge is 0.449 e. The van der Waals surface area contributed by atoms with Gasteiger partial charge in [0.1, 0.15) is 0 Å². The third kappa shape index (κ3) is 4.71.